The van der Waals surface area contributed by atoms with Crippen molar-refractivity contribution in [2.24, 2.45) is 0 Å². The number of rotatable bonds is 8. The summed E-state index contributed by atoms with van der Waals surface area (Å²) in [5.74, 6) is -0.485. The van der Waals surface area contributed by atoms with Crippen molar-refractivity contribution in [3.63, 3.8) is 0 Å². The van der Waals surface area contributed by atoms with Gasteiger partial charge in [-0.15, -0.1) is 0 Å². The van der Waals surface area contributed by atoms with Crippen LogP contribution < -0.4 is 5.32 Å². The molecule has 4 rings (SSSR count). The minimum atomic E-state index is -0.530. The number of amides is 2. The number of carbonyl (C=O) groups is 2. The summed E-state index contributed by atoms with van der Waals surface area (Å²) in [5.41, 5.74) is 2.50. The highest BCUT2D eigenvalue weighted by atomic mass is 16.3. The summed E-state index contributed by atoms with van der Waals surface area (Å²) < 4.78 is 0. The van der Waals surface area contributed by atoms with E-state index >= 15 is 0 Å². The van der Waals surface area contributed by atoms with Crippen LogP contribution in [0.15, 0.2) is 60.7 Å². The zero-order valence-electron chi connectivity index (χ0n) is 20.0. The molecule has 1 unspecified atom stereocenters. The van der Waals surface area contributed by atoms with Crippen molar-refractivity contribution in [1.29, 1.82) is 0 Å². The Hall–Kier alpha value is -3.38. The van der Waals surface area contributed by atoms with E-state index in [0.717, 1.165) is 37.0 Å². The first-order valence-corrected chi connectivity index (χ1v) is 12.1. The van der Waals surface area contributed by atoms with E-state index in [2.05, 4.69) is 36.2 Å². The zero-order valence-corrected chi connectivity index (χ0v) is 20.0. The van der Waals surface area contributed by atoms with Crippen LogP contribution in [0.2, 0.25) is 0 Å². The molecule has 1 saturated heterocycles. The summed E-state index contributed by atoms with van der Waals surface area (Å²) in [6, 6.07) is 18.6. The van der Waals surface area contributed by atoms with Crippen LogP contribution >= 0.6 is 0 Å². The monoisotopic (exact) mass is 459 g/mol. The average molecular weight is 460 g/mol. The molecule has 6 nitrogen and oxygen atoms in total. The molecule has 3 aromatic carbocycles. The Morgan fingerprint density at radius 3 is 2.59 bits per heavy atom. The van der Waals surface area contributed by atoms with Crippen LogP contribution in [-0.4, -0.2) is 52.4 Å². The van der Waals surface area contributed by atoms with Crippen LogP contribution in [-0.2, 0) is 17.9 Å². The van der Waals surface area contributed by atoms with Gasteiger partial charge in [0, 0.05) is 25.0 Å². The van der Waals surface area contributed by atoms with Crippen LogP contribution in [0.1, 0.15) is 48.2 Å². The number of phenolic OH excluding ortho intramolecular Hbond substituents is 1. The minimum absolute atomic E-state index is 0.0285. The molecule has 0 aromatic heterocycles. The number of fused-ring (bicyclic) bond motifs is 1. The van der Waals surface area contributed by atoms with Crippen molar-refractivity contribution in [1.82, 2.24) is 15.1 Å². The second-order valence-corrected chi connectivity index (χ2v) is 8.84. The van der Waals surface area contributed by atoms with Crippen molar-refractivity contribution in [3.8, 4) is 5.75 Å². The number of phenols is 1. The number of nitrogens with zero attached hydrogens (tertiary/aromatic N) is 2. The summed E-state index contributed by atoms with van der Waals surface area (Å²) in [7, 11) is 0. The minimum Gasteiger partial charge on any atom is -0.506 e. The molecule has 0 bridgehead atoms. The van der Waals surface area contributed by atoms with Gasteiger partial charge in [-0.05, 0) is 48.5 Å². The van der Waals surface area contributed by atoms with Crippen LogP contribution in [0.25, 0.3) is 10.8 Å². The van der Waals surface area contributed by atoms with E-state index < -0.39 is 6.04 Å². The van der Waals surface area contributed by atoms with Crippen LogP contribution in [0.3, 0.4) is 0 Å². The Balaban J connectivity index is 1.43. The van der Waals surface area contributed by atoms with Gasteiger partial charge in [0.25, 0.3) is 5.91 Å². The molecule has 0 radical (unpaired) electrons. The predicted octanol–water partition coefficient (Wildman–Crippen LogP) is 4.31. The summed E-state index contributed by atoms with van der Waals surface area (Å²) in [5, 5.41) is 15.3. The van der Waals surface area contributed by atoms with Gasteiger partial charge in [0.2, 0.25) is 5.91 Å². The highest BCUT2D eigenvalue weighted by Gasteiger charge is 2.35. The van der Waals surface area contributed by atoms with Gasteiger partial charge in [-0.2, -0.15) is 0 Å². The lowest BCUT2D eigenvalue weighted by atomic mass is 10.0. The first kappa shape index (κ1) is 23.8. The topological polar surface area (TPSA) is 72.9 Å². The highest BCUT2D eigenvalue weighted by molar-refractivity contribution is 6.05. The molecule has 178 valence electrons. The Morgan fingerprint density at radius 1 is 1.03 bits per heavy atom. The summed E-state index contributed by atoms with van der Waals surface area (Å²) in [4.78, 5) is 30.3. The fraction of sp³-hybridized carbons (Fsp3) is 0.357. The fourth-order valence-electron chi connectivity index (χ4n) is 4.72. The summed E-state index contributed by atoms with van der Waals surface area (Å²) in [6.07, 6.45) is 1.38. The lowest BCUT2D eigenvalue weighted by Crippen LogP contribution is -2.45. The predicted molar refractivity (Wildman–Crippen MR) is 135 cm³/mol. The van der Waals surface area contributed by atoms with E-state index in [4.69, 9.17) is 0 Å². The number of carbonyl (C=O) groups excluding carboxylic acids is 2. The van der Waals surface area contributed by atoms with Crippen molar-refractivity contribution in [2.75, 3.05) is 19.6 Å². The molecule has 2 amide bonds. The van der Waals surface area contributed by atoms with Crippen molar-refractivity contribution in [3.05, 3.63) is 77.4 Å². The Labute approximate surface area is 201 Å². The molecule has 6 heteroatoms. The van der Waals surface area contributed by atoms with Crippen LogP contribution in [0, 0.1) is 0 Å². The number of hydrogen-bond donors (Lipinski definition) is 2. The van der Waals surface area contributed by atoms with Crippen molar-refractivity contribution < 1.29 is 14.7 Å². The summed E-state index contributed by atoms with van der Waals surface area (Å²) in [6.45, 7) is 8.10. The van der Waals surface area contributed by atoms with Gasteiger partial charge in [-0.1, -0.05) is 68.4 Å². The molecule has 0 aliphatic carbocycles. The van der Waals surface area contributed by atoms with Gasteiger partial charge in [-0.25, -0.2) is 0 Å². The zero-order chi connectivity index (χ0) is 24.1. The van der Waals surface area contributed by atoms with E-state index in [-0.39, 0.29) is 23.1 Å². The molecule has 1 heterocycles. The maximum absolute atomic E-state index is 13.3. The van der Waals surface area contributed by atoms with Crippen LogP contribution in [0.5, 0.6) is 5.75 Å². The SMILES string of the molecule is CCN(CC)Cc1cccc(CNC(=O)C2CCCN2C(=O)c2ccc3ccccc3c2O)c1. The number of benzene rings is 3. The molecule has 2 N–H and O–H groups in total. The number of aromatic hydroxyl groups is 1. The lowest BCUT2D eigenvalue weighted by Gasteiger charge is -2.24. The van der Waals surface area contributed by atoms with Crippen LogP contribution in [0.4, 0.5) is 0 Å². The number of nitrogens with one attached hydrogen (secondary N) is 1. The highest BCUT2D eigenvalue weighted by Crippen LogP contribution is 2.31. The molecule has 1 fully saturated rings. The molecular weight excluding hydrogens is 426 g/mol. The van der Waals surface area contributed by atoms with Gasteiger partial charge in [0.05, 0.1) is 5.56 Å². The maximum Gasteiger partial charge on any atom is 0.258 e. The second-order valence-electron chi connectivity index (χ2n) is 8.84. The molecule has 0 spiro atoms. The van der Waals surface area contributed by atoms with E-state index in [1.807, 2.05) is 36.4 Å². The van der Waals surface area contributed by atoms with E-state index in [1.165, 1.54) is 5.56 Å². The maximum atomic E-state index is 13.3. The smallest absolute Gasteiger partial charge is 0.258 e. The molecular formula is C28H33N3O3. The van der Waals surface area contributed by atoms with Crippen molar-refractivity contribution >= 4 is 22.6 Å². The number of likely N-dealkylation sites (tertiary alicyclic amines) is 1. The standard InChI is InChI=1S/C28H33N3O3/c1-3-30(4-2)19-21-10-7-9-20(17-21)18-29-27(33)25-13-8-16-31(25)28(34)24-15-14-22-11-5-6-12-23(22)26(24)32/h5-7,9-12,14-15,17,25,32H,3-4,8,13,16,18-19H2,1-2H3,(H,29,33). The fourth-order valence-corrected chi connectivity index (χ4v) is 4.72. The largest absolute Gasteiger partial charge is 0.506 e. The molecule has 1 atom stereocenters. The van der Waals surface area contributed by atoms with E-state index in [0.29, 0.717) is 24.9 Å². The third-order valence-corrected chi connectivity index (χ3v) is 6.71. The van der Waals surface area contributed by atoms with Gasteiger partial charge < -0.3 is 15.3 Å². The van der Waals surface area contributed by atoms with E-state index in [1.54, 1.807) is 17.0 Å². The van der Waals surface area contributed by atoms with Gasteiger partial charge in [-0.3, -0.25) is 14.5 Å². The molecule has 34 heavy (non-hydrogen) atoms. The Morgan fingerprint density at radius 2 is 1.79 bits per heavy atom. The van der Waals surface area contributed by atoms with Crippen molar-refractivity contribution in [2.45, 2.75) is 45.8 Å². The second kappa shape index (κ2) is 10.7. The van der Waals surface area contributed by atoms with Gasteiger partial charge in [0.15, 0.2) is 0 Å². The first-order chi connectivity index (χ1) is 16.5. The lowest BCUT2D eigenvalue weighted by molar-refractivity contribution is -0.125. The normalized spacial score (nSPS) is 15.7. The first-order valence-electron chi connectivity index (χ1n) is 12.1. The number of hydrogen-bond acceptors (Lipinski definition) is 4. The molecule has 1 aliphatic heterocycles. The van der Waals surface area contributed by atoms with Gasteiger partial charge >= 0.3 is 0 Å². The Bertz CT molecular complexity index is 1170. The average Bonchev–Trinajstić information content (AvgIpc) is 3.36. The third kappa shape index (κ3) is 5.07. The summed E-state index contributed by atoms with van der Waals surface area (Å²) >= 11 is 0. The Kier molecular flexibility index (Phi) is 7.48. The van der Waals surface area contributed by atoms with Gasteiger partial charge in [0.1, 0.15) is 11.8 Å². The molecule has 1 aliphatic rings. The quantitative estimate of drug-likeness (QED) is 0.527. The molecule has 3 aromatic rings. The molecule has 0 saturated carbocycles. The third-order valence-electron chi connectivity index (χ3n) is 6.71. The van der Waals surface area contributed by atoms with E-state index in [9.17, 15) is 14.7 Å².